The van der Waals surface area contributed by atoms with Crippen molar-refractivity contribution in [2.75, 3.05) is 24.2 Å². The van der Waals surface area contributed by atoms with Crippen LogP contribution in [0.4, 0.5) is 24.8 Å². The molecule has 0 fully saturated rings. The monoisotopic (exact) mass is 298 g/mol. The molecule has 0 aliphatic carbocycles. The average molecular weight is 299 g/mol. The van der Waals surface area contributed by atoms with Crippen LogP contribution in [-0.2, 0) is 0 Å². The Labute approximate surface area is 98.8 Å². The molecule has 0 aliphatic heterocycles. The number of alkyl halides is 3. The van der Waals surface area contributed by atoms with Gasteiger partial charge in [-0.25, -0.2) is 9.97 Å². The van der Waals surface area contributed by atoms with Crippen LogP contribution in [0.1, 0.15) is 6.42 Å². The highest BCUT2D eigenvalue weighted by Crippen LogP contribution is 2.26. The molecule has 0 atom stereocenters. The minimum absolute atomic E-state index is 0.220. The van der Waals surface area contributed by atoms with Crippen LogP contribution in [0, 0.1) is 0 Å². The fraction of sp³-hybridized carbons (Fsp3) is 0.500. The number of nitrogens with one attached hydrogen (secondary N) is 2. The van der Waals surface area contributed by atoms with Crippen LogP contribution in [0.2, 0.25) is 0 Å². The smallest absolute Gasteiger partial charge is 0.372 e. The lowest BCUT2D eigenvalue weighted by Gasteiger charge is -2.10. The number of nitrogens with zero attached hydrogens (tertiary/aromatic N) is 2. The first-order valence-corrected chi connectivity index (χ1v) is 5.22. The van der Waals surface area contributed by atoms with Crippen molar-refractivity contribution in [3.05, 3.63) is 10.8 Å². The van der Waals surface area contributed by atoms with Gasteiger partial charge in [0.2, 0.25) is 0 Å². The Bertz CT molecular complexity index is 356. The van der Waals surface area contributed by atoms with Gasteiger partial charge >= 0.3 is 6.18 Å². The molecule has 0 unspecified atom stereocenters. The molecule has 0 radical (unpaired) electrons. The van der Waals surface area contributed by atoms with Crippen molar-refractivity contribution in [2.45, 2.75) is 12.6 Å². The molecule has 8 heteroatoms. The molecule has 0 spiro atoms. The summed E-state index contributed by atoms with van der Waals surface area (Å²) in [6.07, 6.45) is -3.80. The van der Waals surface area contributed by atoms with E-state index in [-0.39, 0.29) is 6.54 Å². The van der Waals surface area contributed by atoms with E-state index in [4.69, 9.17) is 0 Å². The van der Waals surface area contributed by atoms with Gasteiger partial charge in [-0.3, -0.25) is 0 Å². The number of halogens is 4. The van der Waals surface area contributed by atoms with Crippen molar-refractivity contribution in [3.8, 4) is 0 Å². The highest BCUT2D eigenvalue weighted by molar-refractivity contribution is 9.10. The maximum absolute atomic E-state index is 11.9. The van der Waals surface area contributed by atoms with Gasteiger partial charge in [-0.05, 0) is 15.9 Å². The van der Waals surface area contributed by atoms with E-state index in [0.717, 1.165) is 0 Å². The molecule has 0 saturated heterocycles. The minimum atomic E-state index is -4.17. The van der Waals surface area contributed by atoms with Gasteiger partial charge in [0.25, 0.3) is 0 Å². The van der Waals surface area contributed by atoms with Gasteiger partial charge in [-0.15, -0.1) is 0 Å². The van der Waals surface area contributed by atoms with Gasteiger partial charge in [0.15, 0.2) is 0 Å². The van der Waals surface area contributed by atoms with Gasteiger partial charge in [0.05, 0.1) is 6.42 Å². The summed E-state index contributed by atoms with van der Waals surface area (Å²) >= 11 is 3.19. The zero-order chi connectivity index (χ0) is 12.2. The molecule has 0 saturated carbocycles. The van der Waals surface area contributed by atoms with E-state index in [0.29, 0.717) is 16.1 Å². The molecule has 0 amide bonds. The van der Waals surface area contributed by atoms with Gasteiger partial charge in [-0.2, -0.15) is 13.2 Å². The lowest BCUT2D eigenvalue weighted by molar-refractivity contribution is -0.131. The Balaban J connectivity index is 2.61. The Morgan fingerprint density at radius 3 is 2.50 bits per heavy atom. The largest absolute Gasteiger partial charge is 0.390 e. The average Bonchev–Trinajstić information content (AvgIpc) is 2.19. The number of hydrogen-bond acceptors (Lipinski definition) is 4. The van der Waals surface area contributed by atoms with Gasteiger partial charge in [0, 0.05) is 13.6 Å². The fourth-order valence-electron chi connectivity index (χ4n) is 0.990. The number of aromatic nitrogens is 2. The van der Waals surface area contributed by atoms with Crippen LogP contribution in [0.5, 0.6) is 0 Å². The van der Waals surface area contributed by atoms with Crippen LogP contribution in [0.25, 0.3) is 0 Å². The third-order valence-corrected chi connectivity index (χ3v) is 2.48. The first-order chi connectivity index (χ1) is 7.44. The lowest BCUT2D eigenvalue weighted by Crippen LogP contribution is -2.15. The lowest BCUT2D eigenvalue weighted by atomic mass is 10.4. The summed E-state index contributed by atoms with van der Waals surface area (Å²) in [7, 11) is 1.66. The Morgan fingerprint density at radius 2 is 1.94 bits per heavy atom. The SMILES string of the molecule is CNc1ncnc(NCCC(F)(F)F)c1Br. The van der Waals surface area contributed by atoms with E-state index in [2.05, 4.69) is 36.5 Å². The van der Waals surface area contributed by atoms with Gasteiger partial charge < -0.3 is 10.6 Å². The molecular weight excluding hydrogens is 289 g/mol. The molecule has 1 aromatic rings. The Morgan fingerprint density at radius 1 is 1.31 bits per heavy atom. The topological polar surface area (TPSA) is 49.8 Å². The molecule has 2 N–H and O–H groups in total. The van der Waals surface area contributed by atoms with Gasteiger partial charge in [0.1, 0.15) is 22.4 Å². The third-order valence-electron chi connectivity index (χ3n) is 1.73. The standard InChI is InChI=1S/C8H10BrF3N4/c1-13-6-5(9)7(16-4-15-6)14-3-2-8(10,11)12/h4H,2-3H2,1H3,(H2,13,14,15,16). The molecule has 16 heavy (non-hydrogen) atoms. The van der Waals surface area contributed by atoms with E-state index in [1.807, 2.05) is 0 Å². The normalized spacial score (nSPS) is 11.3. The quantitative estimate of drug-likeness (QED) is 0.897. The number of rotatable bonds is 4. The number of hydrogen-bond donors (Lipinski definition) is 2. The highest BCUT2D eigenvalue weighted by atomic mass is 79.9. The van der Waals surface area contributed by atoms with Gasteiger partial charge in [-0.1, -0.05) is 0 Å². The predicted molar refractivity (Wildman–Crippen MR) is 58.4 cm³/mol. The maximum atomic E-state index is 11.9. The number of anilines is 2. The van der Waals surface area contributed by atoms with Crippen LogP contribution in [0.15, 0.2) is 10.8 Å². The summed E-state index contributed by atoms with van der Waals surface area (Å²) in [5.74, 6) is 0.855. The van der Waals surface area contributed by atoms with E-state index in [1.165, 1.54) is 6.33 Å². The van der Waals surface area contributed by atoms with Crippen molar-refractivity contribution in [1.29, 1.82) is 0 Å². The molecule has 1 heterocycles. The highest BCUT2D eigenvalue weighted by Gasteiger charge is 2.26. The Kier molecular flexibility index (Phi) is 4.34. The second-order valence-corrected chi connectivity index (χ2v) is 3.72. The second-order valence-electron chi connectivity index (χ2n) is 2.93. The molecular formula is C8H10BrF3N4. The van der Waals surface area contributed by atoms with Crippen molar-refractivity contribution < 1.29 is 13.2 Å². The molecule has 0 aliphatic rings. The summed E-state index contributed by atoms with van der Waals surface area (Å²) in [4.78, 5) is 7.71. The molecule has 90 valence electrons. The predicted octanol–water partition coefficient (Wildman–Crippen LogP) is 2.65. The minimum Gasteiger partial charge on any atom is -0.372 e. The third kappa shape index (κ3) is 3.84. The second kappa shape index (κ2) is 5.33. The van der Waals surface area contributed by atoms with E-state index in [1.54, 1.807) is 7.05 Å². The summed E-state index contributed by atoms with van der Waals surface area (Å²) in [5, 5.41) is 5.37. The van der Waals surface area contributed by atoms with Crippen molar-refractivity contribution >= 4 is 27.6 Å². The molecule has 1 aromatic heterocycles. The van der Waals surface area contributed by atoms with Crippen molar-refractivity contribution in [1.82, 2.24) is 9.97 Å². The Hall–Kier alpha value is -1.05. The van der Waals surface area contributed by atoms with Crippen molar-refractivity contribution in [3.63, 3.8) is 0 Å². The van der Waals surface area contributed by atoms with Crippen LogP contribution < -0.4 is 10.6 Å². The summed E-state index contributed by atoms with van der Waals surface area (Å²) in [6.45, 7) is -0.220. The molecule has 1 rings (SSSR count). The van der Waals surface area contributed by atoms with Crippen LogP contribution in [-0.4, -0.2) is 29.7 Å². The molecule has 4 nitrogen and oxygen atoms in total. The molecule has 0 aromatic carbocycles. The van der Waals surface area contributed by atoms with Crippen LogP contribution >= 0.6 is 15.9 Å². The zero-order valence-corrected chi connectivity index (χ0v) is 9.98. The first kappa shape index (κ1) is 13.0. The summed E-state index contributed by atoms with van der Waals surface area (Å²) in [6, 6.07) is 0. The summed E-state index contributed by atoms with van der Waals surface area (Å²) < 4.78 is 36.2. The first-order valence-electron chi connectivity index (χ1n) is 4.43. The zero-order valence-electron chi connectivity index (χ0n) is 8.40. The molecule has 0 bridgehead atoms. The van der Waals surface area contributed by atoms with E-state index < -0.39 is 12.6 Å². The van der Waals surface area contributed by atoms with E-state index >= 15 is 0 Å². The maximum Gasteiger partial charge on any atom is 0.390 e. The van der Waals surface area contributed by atoms with E-state index in [9.17, 15) is 13.2 Å². The van der Waals surface area contributed by atoms with Crippen molar-refractivity contribution in [2.24, 2.45) is 0 Å². The van der Waals surface area contributed by atoms with Crippen LogP contribution in [0.3, 0.4) is 0 Å². The summed E-state index contributed by atoms with van der Waals surface area (Å²) in [5.41, 5.74) is 0. The fourth-order valence-corrected chi connectivity index (χ4v) is 1.53.